The van der Waals surface area contributed by atoms with Gasteiger partial charge in [0.2, 0.25) is 5.91 Å². The van der Waals surface area contributed by atoms with E-state index in [4.69, 9.17) is 4.74 Å². The highest BCUT2D eigenvalue weighted by molar-refractivity contribution is 7.16. The fraction of sp³-hybridized carbons (Fsp3) is 0.278. The second kappa shape index (κ2) is 8.09. The Morgan fingerprint density at radius 1 is 1.15 bits per heavy atom. The Balaban J connectivity index is 2.13. The van der Waals surface area contributed by atoms with Crippen LogP contribution in [0.15, 0.2) is 24.3 Å². The highest BCUT2D eigenvalue weighted by Gasteiger charge is 2.26. The van der Waals surface area contributed by atoms with Crippen molar-refractivity contribution in [1.29, 1.82) is 0 Å². The molecule has 2 aromatic rings. The molecule has 0 fully saturated rings. The van der Waals surface area contributed by atoms with Gasteiger partial charge in [0.05, 0.1) is 11.3 Å². The second-order valence-corrected chi connectivity index (χ2v) is 6.91. The average molecular weight is 378 g/mol. The van der Waals surface area contributed by atoms with Crippen molar-refractivity contribution in [2.75, 3.05) is 10.6 Å². The SMILES string of the molecule is CC(=O)Nc1sc(C)c(C)c1C(=O)O[C@@H](C)C(=O)Nc1ccccc1F. The van der Waals surface area contributed by atoms with E-state index in [1.54, 1.807) is 13.0 Å². The molecule has 0 aliphatic rings. The minimum atomic E-state index is -1.15. The van der Waals surface area contributed by atoms with Gasteiger partial charge in [0, 0.05) is 11.8 Å². The number of ether oxygens (including phenoxy) is 1. The summed E-state index contributed by atoms with van der Waals surface area (Å²) in [5.74, 6) is -2.29. The molecule has 0 bridgehead atoms. The summed E-state index contributed by atoms with van der Waals surface area (Å²) in [6, 6.07) is 5.69. The molecule has 0 aliphatic carbocycles. The minimum Gasteiger partial charge on any atom is -0.449 e. The number of hydrogen-bond acceptors (Lipinski definition) is 5. The molecule has 1 atom stereocenters. The van der Waals surface area contributed by atoms with Crippen LogP contribution < -0.4 is 10.6 Å². The number of rotatable bonds is 5. The number of anilines is 2. The van der Waals surface area contributed by atoms with E-state index in [0.29, 0.717) is 10.6 Å². The monoisotopic (exact) mass is 378 g/mol. The largest absolute Gasteiger partial charge is 0.449 e. The molecular weight excluding hydrogens is 359 g/mol. The third kappa shape index (κ3) is 4.45. The Kier molecular flexibility index (Phi) is 6.10. The molecule has 26 heavy (non-hydrogen) atoms. The van der Waals surface area contributed by atoms with Gasteiger partial charge in [-0.25, -0.2) is 9.18 Å². The molecule has 6 nitrogen and oxygen atoms in total. The Hall–Kier alpha value is -2.74. The van der Waals surface area contributed by atoms with Gasteiger partial charge in [0.1, 0.15) is 10.8 Å². The van der Waals surface area contributed by atoms with E-state index in [0.717, 1.165) is 4.88 Å². The van der Waals surface area contributed by atoms with Crippen LogP contribution in [-0.2, 0) is 14.3 Å². The summed E-state index contributed by atoms with van der Waals surface area (Å²) < 4.78 is 18.8. The smallest absolute Gasteiger partial charge is 0.342 e. The number of thiophene rings is 1. The molecule has 1 aromatic heterocycles. The van der Waals surface area contributed by atoms with E-state index in [9.17, 15) is 18.8 Å². The van der Waals surface area contributed by atoms with E-state index >= 15 is 0 Å². The highest BCUT2D eigenvalue weighted by Crippen LogP contribution is 2.33. The summed E-state index contributed by atoms with van der Waals surface area (Å²) in [4.78, 5) is 36.8. The maximum atomic E-state index is 13.6. The first kappa shape index (κ1) is 19.6. The van der Waals surface area contributed by atoms with Crippen molar-refractivity contribution in [2.24, 2.45) is 0 Å². The number of esters is 1. The van der Waals surface area contributed by atoms with Crippen LogP contribution in [-0.4, -0.2) is 23.9 Å². The van der Waals surface area contributed by atoms with Crippen LogP contribution >= 0.6 is 11.3 Å². The third-order valence-corrected chi connectivity index (χ3v) is 4.79. The number of benzene rings is 1. The predicted octanol–water partition coefficient (Wildman–Crippen LogP) is 3.65. The summed E-state index contributed by atoms with van der Waals surface area (Å²) >= 11 is 1.25. The fourth-order valence-corrected chi connectivity index (χ4v) is 3.29. The number of hydrogen-bond donors (Lipinski definition) is 2. The van der Waals surface area contributed by atoms with Crippen LogP contribution in [0, 0.1) is 19.7 Å². The second-order valence-electron chi connectivity index (χ2n) is 5.69. The Labute approximate surface area is 154 Å². The van der Waals surface area contributed by atoms with Gasteiger partial charge in [-0.2, -0.15) is 0 Å². The van der Waals surface area contributed by atoms with Gasteiger partial charge in [-0.05, 0) is 38.5 Å². The first-order valence-corrected chi connectivity index (χ1v) is 8.66. The van der Waals surface area contributed by atoms with Crippen LogP contribution in [0.4, 0.5) is 15.1 Å². The zero-order chi connectivity index (χ0) is 19.4. The van der Waals surface area contributed by atoms with Crippen LogP contribution in [0.3, 0.4) is 0 Å². The fourth-order valence-electron chi connectivity index (χ4n) is 2.19. The lowest BCUT2D eigenvalue weighted by atomic mass is 10.1. The van der Waals surface area contributed by atoms with Gasteiger partial charge in [0.15, 0.2) is 6.10 Å². The summed E-state index contributed by atoms with van der Waals surface area (Å²) in [6.07, 6.45) is -1.15. The Bertz CT molecular complexity index is 863. The van der Waals surface area contributed by atoms with Crippen molar-refractivity contribution < 1.29 is 23.5 Å². The maximum absolute atomic E-state index is 13.6. The number of carbonyl (C=O) groups is 3. The molecule has 0 spiro atoms. The highest BCUT2D eigenvalue weighted by atomic mass is 32.1. The normalized spacial score (nSPS) is 11.6. The lowest BCUT2D eigenvalue weighted by Crippen LogP contribution is -2.30. The predicted molar refractivity (Wildman–Crippen MR) is 98.0 cm³/mol. The summed E-state index contributed by atoms with van der Waals surface area (Å²) in [5.41, 5.74) is 0.889. The molecule has 0 aliphatic heterocycles. The van der Waals surface area contributed by atoms with Crippen molar-refractivity contribution in [2.45, 2.75) is 33.8 Å². The van der Waals surface area contributed by atoms with Gasteiger partial charge >= 0.3 is 5.97 Å². The first-order valence-electron chi connectivity index (χ1n) is 7.84. The van der Waals surface area contributed by atoms with Crippen LogP contribution in [0.2, 0.25) is 0 Å². The number of carbonyl (C=O) groups excluding carboxylic acids is 3. The van der Waals surface area contributed by atoms with Gasteiger partial charge < -0.3 is 15.4 Å². The van der Waals surface area contributed by atoms with Gasteiger partial charge in [-0.15, -0.1) is 11.3 Å². The molecule has 0 unspecified atom stereocenters. The van der Waals surface area contributed by atoms with Crippen molar-refractivity contribution in [1.82, 2.24) is 0 Å². The molecule has 2 rings (SSSR count). The minimum absolute atomic E-state index is 0.00175. The van der Waals surface area contributed by atoms with E-state index in [-0.39, 0.29) is 17.2 Å². The molecule has 8 heteroatoms. The molecule has 0 saturated heterocycles. The van der Waals surface area contributed by atoms with Crippen LogP contribution in [0.1, 0.15) is 34.6 Å². The number of aryl methyl sites for hydroxylation is 1. The quantitative estimate of drug-likeness (QED) is 0.778. The van der Waals surface area contributed by atoms with Crippen LogP contribution in [0.25, 0.3) is 0 Å². The van der Waals surface area contributed by atoms with E-state index in [1.807, 2.05) is 6.92 Å². The van der Waals surface area contributed by atoms with Gasteiger partial charge in [0.25, 0.3) is 5.91 Å². The van der Waals surface area contributed by atoms with Crippen molar-refractivity contribution in [3.8, 4) is 0 Å². The molecule has 1 heterocycles. The molecule has 138 valence electrons. The zero-order valence-corrected chi connectivity index (χ0v) is 15.6. The topological polar surface area (TPSA) is 84.5 Å². The Morgan fingerprint density at radius 2 is 1.81 bits per heavy atom. The molecule has 0 radical (unpaired) electrons. The van der Waals surface area contributed by atoms with Crippen molar-refractivity contribution in [3.05, 3.63) is 46.1 Å². The molecular formula is C18H19FN2O4S. The standard InChI is InChI=1S/C18H19FN2O4S/c1-9-11(3)26-17(20-12(4)22)15(9)18(24)25-10(2)16(23)21-14-8-6-5-7-13(14)19/h5-8,10H,1-4H3,(H,20,22)(H,21,23)/t10-/m0/s1. The average Bonchev–Trinajstić information content (AvgIpc) is 2.82. The summed E-state index contributed by atoms with van der Waals surface area (Å²) in [6.45, 7) is 6.28. The van der Waals surface area contributed by atoms with Crippen molar-refractivity contribution in [3.63, 3.8) is 0 Å². The molecule has 0 saturated carbocycles. The van der Waals surface area contributed by atoms with Crippen molar-refractivity contribution >= 4 is 39.8 Å². The van der Waals surface area contributed by atoms with E-state index < -0.39 is 23.8 Å². The van der Waals surface area contributed by atoms with Gasteiger partial charge in [-0.3, -0.25) is 9.59 Å². The maximum Gasteiger partial charge on any atom is 0.342 e. The lowest BCUT2D eigenvalue weighted by molar-refractivity contribution is -0.123. The summed E-state index contributed by atoms with van der Waals surface area (Å²) in [5, 5.41) is 5.34. The lowest BCUT2D eigenvalue weighted by Gasteiger charge is -2.14. The van der Waals surface area contributed by atoms with Crippen LogP contribution in [0.5, 0.6) is 0 Å². The Morgan fingerprint density at radius 3 is 2.42 bits per heavy atom. The zero-order valence-electron chi connectivity index (χ0n) is 14.8. The molecule has 2 N–H and O–H groups in total. The first-order chi connectivity index (χ1) is 12.2. The number of para-hydroxylation sites is 1. The summed E-state index contributed by atoms with van der Waals surface area (Å²) in [7, 11) is 0. The van der Waals surface area contributed by atoms with E-state index in [2.05, 4.69) is 10.6 Å². The number of nitrogens with one attached hydrogen (secondary N) is 2. The number of amides is 2. The van der Waals surface area contributed by atoms with E-state index in [1.165, 1.54) is 43.4 Å². The van der Waals surface area contributed by atoms with Gasteiger partial charge in [-0.1, -0.05) is 12.1 Å². The third-order valence-electron chi connectivity index (χ3n) is 3.66. The molecule has 2 amide bonds. The molecule has 1 aromatic carbocycles. The number of halogens is 1.